The van der Waals surface area contributed by atoms with Crippen molar-refractivity contribution in [1.29, 1.82) is 10.5 Å². The lowest BCUT2D eigenvalue weighted by atomic mass is 10.0. The lowest BCUT2D eigenvalue weighted by Crippen LogP contribution is -2.60. The van der Waals surface area contributed by atoms with Gasteiger partial charge in [0.25, 0.3) is 0 Å². The Kier molecular flexibility index (Phi) is 12.1. The van der Waals surface area contributed by atoms with Crippen molar-refractivity contribution in [2.45, 2.75) is 51.3 Å². The third-order valence-electron chi connectivity index (χ3n) is 7.66. The Hall–Kier alpha value is -3.99. The van der Waals surface area contributed by atoms with Gasteiger partial charge in [-0.3, -0.25) is 4.90 Å². The molecule has 0 radical (unpaired) electrons. The van der Waals surface area contributed by atoms with Crippen LogP contribution in [0.3, 0.4) is 0 Å². The van der Waals surface area contributed by atoms with E-state index in [4.69, 9.17) is 24.5 Å². The number of rotatable bonds is 10. The summed E-state index contributed by atoms with van der Waals surface area (Å²) in [4.78, 5) is 27.4. The molecule has 0 spiro atoms. The van der Waals surface area contributed by atoms with E-state index < -0.39 is 5.97 Å². The number of hydrogen-bond donors (Lipinski definition) is 1. The molecule has 15 heteroatoms. The molecule has 2 aromatic carbocycles. The minimum atomic E-state index is -0.969. The van der Waals surface area contributed by atoms with E-state index in [0.29, 0.717) is 42.7 Å². The van der Waals surface area contributed by atoms with Crippen LogP contribution < -0.4 is 9.47 Å². The molecule has 0 unspecified atom stereocenters. The van der Waals surface area contributed by atoms with E-state index in [0.717, 1.165) is 29.9 Å². The predicted molar refractivity (Wildman–Crippen MR) is 179 cm³/mol. The Morgan fingerprint density at radius 1 is 1.11 bits per heavy atom. The van der Waals surface area contributed by atoms with Gasteiger partial charge in [0.2, 0.25) is 5.88 Å². The number of aromatic nitrogens is 4. The average molecular weight is 668 g/mol. The van der Waals surface area contributed by atoms with E-state index in [9.17, 15) is 15.2 Å². The first-order chi connectivity index (χ1) is 20.4. The highest BCUT2D eigenvalue weighted by atomic mass is 32.1. The summed E-state index contributed by atoms with van der Waals surface area (Å²) in [5.41, 5.74) is 2.42. The van der Waals surface area contributed by atoms with Crippen molar-refractivity contribution < 1.29 is 24.1 Å². The van der Waals surface area contributed by atoms with Crippen LogP contribution in [0.2, 0.25) is 0 Å². The third kappa shape index (κ3) is 7.64. The molecule has 3 atom stereocenters. The van der Waals surface area contributed by atoms with E-state index in [2.05, 4.69) is 26.4 Å². The van der Waals surface area contributed by atoms with Gasteiger partial charge in [0, 0.05) is 31.5 Å². The maximum Gasteiger partial charge on any atom is 0.335 e. The number of nitrogens with zero attached hydrogens (tertiary/aromatic N) is 7. The molecule has 236 valence electrons. The maximum absolute atomic E-state index is 11.6. The summed E-state index contributed by atoms with van der Waals surface area (Å²) in [5.74, 6) is 1.06. The number of carbonyl (C=O) groups is 1. The number of nitriles is 2. The summed E-state index contributed by atoms with van der Waals surface area (Å²) >= 11 is 0. The van der Waals surface area contributed by atoms with Crippen LogP contribution in [0.15, 0.2) is 48.7 Å². The van der Waals surface area contributed by atoms with Crippen molar-refractivity contribution in [1.82, 2.24) is 24.4 Å². The summed E-state index contributed by atoms with van der Waals surface area (Å²) in [6, 6.07) is 15.5. The second-order valence-electron chi connectivity index (χ2n) is 10.3. The average Bonchev–Trinajstić information content (AvgIpc) is 3.33. The van der Waals surface area contributed by atoms with Crippen LogP contribution in [0.25, 0.3) is 11.0 Å². The highest BCUT2D eigenvalue weighted by molar-refractivity contribution is 7.59. The highest BCUT2D eigenvalue weighted by Crippen LogP contribution is 2.28. The fraction of sp³-hybridized carbons (Fsp3) is 0.333. The summed E-state index contributed by atoms with van der Waals surface area (Å²) < 4.78 is 19.7. The number of ether oxygens (including phenoxy) is 3. The molecular weight excluding hydrogens is 635 g/mol. The van der Waals surface area contributed by atoms with Gasteiger partial charge in [-0.05, 0) is 49.7 Å². The number of imidazole rings is 1. The quantitative estimate of drug-likeness (QED) is 0.263. The summed E-state index contributed by atoms with van der Waals surface area (Å²) in [6.07, 6.45) is 2.57. The van der Waals surface area contributed by atoms with Gasteiger partial charge in [-0.2, -0.15) is 56.0 Å². The standard InChI is InChI=1S/C30H27N7O5.3H2S/c1-18-26(42-29-6-8-33-27(35-29)17-41-25-5-2-19(12-31)10-21(25)13-32)15-36(18)16-28-34-23-4-3-20(30(38)39)11-24(23)37(28)14-22-7-9-40-22;;;/h2-6,8,10-11,18,22,26H,7,9,14-17H2,1H3,(H,38,39);3*1H2/t18-,22-,26-;;;/m0.../s1. The van der Waals surface area contributed by atoms with Crippen LogP contribution in [-0.4, -0.2) is 66.9 Å². The minimum Gasteiger partial charge on any atom is -0.484 e. The number of fused-ring (bicyclic) bond motifs is 1. The third-order valence-corrected chi connectivity index (χ3v) is 7.66. The number of carboxylic acid groups (broad SMARTS) is 1. The molecule has 2 aliphatic rings. The lowest BCUT2D eigenvalue weighted by Gasteiger charge is -2.45. The van der Waals surface area contributed by atoms with Gasteiger partial charge in [-0.1, -0.05) is 0 Å². The Morgan fingerprint density at radius 2 is 1.91 bits per heavy atom. The first-order valence-corrected chi connectivity index (χ1v) is 13.6. The number of carboxylic acids is 1. The molecule has 45 heavy (non-hydrogen) atoms. The van der Waals surface area contributed by atoms with Crippen molar-refractivity contribution in [3.8, 4) is 23.8 Å². The monoisotopic (exact) mass is 667 g/mol. The van der Waals surface area contributed by atoms with E-state index in [1.54, 1.807) is 42.6 Å². The number of benzene rings is 2. The zero-order valence-electron chi connectivity index (χ0n) is 24.3. The molecule has 4 aromatic rings. The zero-order valence-corrected chi connectivity index (χ0v) is 27.3. The van der Waals surface area contributed by atoms with Gasteiger partial charge in [0.15, 0.2) is 5.82 Å². The SMILES string of the molecule is C[C@H]1[C@@H](Oc2ccnc(COc3ccc(C#N)cc3C#N)n2)CN1Cc1nc2ccc(C(=O)O)cc2n1C[C@@H]1CCO1.S.S.S. The number of hydrogen-bond acceptors (Lipinski definition) is 10. The van der Waals surface area contributed by atoms with Crippen molar-refractivity contribution >= 4 is 57.5 Å². The van der Waals surface area contributed by atoms with Crippen LogP contribution in [0.5, 0.6) is 11.6 Å². The first kappa shape index (κ1) is 35.5. The summed E-state index contributed by atoms with van der Waals surface area (Å²) in [7, 11) is 0. The molecule has 1 N–H and O–H groups in total. The smallest absolute Gasteiger partial charge is 0.335 e. The van der Waals surface area contributed by atoms with Gasteiger partial charge in [-0.15, -0.1) is 0 Å². The topological polar surface area (TPSA) is 159 Å². The molecule has 12 nitrogen and oxygen atoms in total. The molecule has 0 aliphatic carbocycles. The lowest BCUT2D eigenvalue weighted by molar-refractivity contribution is -0.0616. The number of aromatic carboxylic acids is 1. The molecule has 4 heterocycles. The Bertz CT molecular complexity index is 1750. The Morgan fingerprint density at radius 3 is 2.58 bits per heavy atom. The zero-order chi connectivity index (χ0) is 29.2. The predicted octanol–water partition coefficient (Wildman–Crippen LogP) is 3.63. The molecule has 2 fully saturated rings. The highest BCUT2D eigenvalue weighted by Gasteiger charge is 2.38. The number of likely N-dealkylation sites (tertiary alicyclic amines) is 1. The fourth-order valence-electron chi connectivity index (χ4n) is 5.06. The van der Waals surface area contributed by atoms with Crippen LogP contribution >= 0.6 is 40.5 Å². The van der Waals surface area contributed by atoms with Crippen molar-refractivity contribution in [3.63, 3.8) is 0 Å². The molecule has 2 aromatic heterocycles. The van der Waals surface area contributed by atoms with Gasteiger partial charge in [0.1, 0.15) is 30.4 Å². The van der Waals surface area contributed by atoms with E-state index in [1.165, 1.54) is 6.07 Å². The molecule has 0 saturated carbocycles. The van der Waals surface area contributed by atoms with Gasteiger partial charge in [0.05, 0.1) is 53.0 Å². The van der Waals surface area contributed by atoms with Gasteiger partial charge < -0.3 is 23.9 Å². The summed E-state index contributed by atoms with van der Waals surface area (Å²) in [5, 5.41) is 27.9. The maximum atomic E-state index is 11.6. The van der Waals surface area contributed by atoms with Crippen molar-refractivity contribution in [2.24, 2.45) is 0 Å². The molecule has 2 saturated heterocycles. The van der Waals surface area contributed by atoms with Crippen LogP contribution in [-0.2, 0) is 24.4 Å². The van der Waals surface area contributed by atoms with E-state index in [1.807, 2.05) is 12.1 Å². The van der Waals surface area contributed by atoms with E-state index >= 15 is 0 Å². The minimum absolute atomic E-state index is 0. The largest absolute Gasteiger partial charge is 0.484 e. The van der Waals surface area contributed by atoms with Crippen LogP contribution in [0, 0.1) is 22.7 Å². The van der Waals surface area contributed by atoms with Crippen LogP contribution in [0.1, 0.15) is 46.5 Å². The van der Waals surface area contributed by atoms with Crippen molar-refractivity contribution in [2.75, 3.05) is 13.2 Å². The normalized spacial score (nSPS) is 18.4. The fourth-order valence-corrected chi connectivity index (χ4v) is 5.06. The Balaban J connectivity index is 0.00000184. The second kappa shape index (κ2) is 15.3. The van der Waals surface area contributed by atoms with Crippen molar-refractivity contribution in [3.05, 3.63) is 77.0 Å². The second-order valence-corrected chi connectivity index (χ2v) is 10.3. The molecule has 2 aliphatic heterocycles. The molecular formula is C30H33N7O5S3. The van der Waals surface area contributed by atoms with Crippen LogP contribution in [0.4, 0.5) is 0 Å². The first-order valence-electron chi connectivity index (χ1n) is 13.6. The van der Waals surface area contributed by atoms with Gasteiger partial charge in [-0.25, -0.2) is 14.8 Å². The van der Waals surface area contributed by atoms with E-state index in [-0.39, 0.29) is 76.5 Å². The Labute approximate surface area is 280 Å². The molecule has 6 rings (SSSR count). The molecule has 0 bridgehead atoms. The van der Waals surface area contributed by atoms with Gasteiger partial charge >= 0.3 is 5.97 Å². The summed E-state index contributed by atoms with van der Waals surface area (Å²) in [6.45, 7) is 4.73. The molecule has 0 amide bonds.